The molecule has 5 rings (SSSR count). The second-order valence-corrected chi connectivity index (χ2v) is 5.25. The Kier molecular flexibility index (Phi) is 2.19. The number of nitrogens with zero attached hydrogens (tertiary/aromatic N) is 4. The van der Waals surface area contributed by atoms with Gasteiger partial charge in [-0.05, 0) is 22.9 Å². The largest absolute Gasteiger partial charge is 0.252 e. The highest BCUT2D eigenvalue weighted by molar-refractivity contribution is 6.22. The van der Waals surface area contributed by atoms with Gasteiger partial charge in [-0.2, -0.15) is 0 Å². The van der Waals surface area contributed by atoms with Crippen molar-refractivity contribution >= 4 is 43.6 Å². The summed E-state index contributed by atoms with van der Waals surface area (Å²) in [5, 5.41) is 4.50. The summed E-state index contributed by atoms with van der Waals surface area (Å²) >= 11 is 0. The van der Waals surface area contributed by atoms with Crippen LogP contribution < -0.4 is 0 Å². The predicted octanol–water partition coefficient (Wildman–Crippen LogP) is 3.88. The Balaban J connectivity index is 2.17. The lowest BCUT2D eigenvalue weighted by Gasteiger charge is -2.08. The Labute approximate surface area is 125 Å². The molecule has 0 spiro atoms. The lowest BCUT2D eigenvalue weighted by molar-refractivity contribution is 1.27. The van der Waals surface area contributed by atoms with Crippen LogP contribution in [0.25, 0.3) is 43.6 Å². The maximum Gasteiger partial charge on any atom is 0.117 e. The van der Waals surface area contributed by atoms with Gasteiger partial charge in [0.25, 0.3) is 0 Å². The van der Waals surface area contributed by atoms with E-state index < -0.39 is 0 Å². The molecule has 0 fully saturated rings. The van der Waals surface area contributed by atoms with Crippen molar-refractivity contribution in [2.24, 2.45) is 0 Å². The van der Waals surface area contributed by atoms with Crippen LogP contribution in [0.5, 0.6) is 0 Å². The molecule has 0 atom stereocenters. The molecule has 0 aliphatic heterocycles. The van der Waals surface area contributed by atoms with Crippen molar-refractivity contribution in [2.45, 2.75) is 0 Å². The molecule has 0 aliphatic carbocycles. The summed E-state index contributed by atoms with van der Waals surface area (Å²) in [4.78, 5) is 18.0. The van der Waals surface area contributed by atoms with Crippen LogP contribution in [0, 0.1) is 0 Å². The highest BCUT2D eigenvalue weighted by Crippen LogP contribution is 2.33. The van der Waals surface area contributed by atoms with Crippen molar-refractivity contribution in [3.63, 3.8) is 0 Å². The zero-order chi connectivity index (χ0) is 14.5. The standard InChI is InChI=1S/C18H10N4/c1-2-4-12-10-14-13(9-11(12)3-1)15-17(21-7-5-19-15)18-16(14)20-6-8-22-18/h1-10H. The molecule has 0 amide bonds. The number of hydrogen-bond acceptors (Lipinski definition) is 4. The van der Waals surface area contributed by atoms with Gasteiger partial charge in [-0.3, -0.25) is 19.9 Å². The second-order valence-electron chi connectivity index (χ2n) is 5.25. The molecule has 0 N–H and O–H groups in total. The average Bonchev–Trinajstić information content (AvgIpc) is 2.61. The number of fused-ring (bicyclic) bond motifs is 7. The Morgan fingerprint density at radius 3 is 1.36 bits per heavy atom. The van der Waals surface area contributed by atoms with Crippen LogP contribution in [0.1, 0.15) is 0 Å². The summed E-state index contributed by atoms with van der Waals surface area (Å²) in [6, 6.07) is 12.6. The Morgan fingerprint density at radius 2 is 0.909 bits per heavy atom. The first-order valence-corrected chi connectivity index (χ1v) is 7.08. The topological polar surface area (TPSA) is 51.6 Å². The predicted molar refractivity (Wildman–Crippen MR) is 87.6 cm³/mol. The lowest BCUT2D eigenvalue weighted by atomic mass is 10.0. The molecule has 4 nitrogen and oxygen atoms in total. The molecular weight excluding hydrogens is 272 g/mol. The lowest BCUT2D eigenvalue weighted by Crippen LogP contribution is -1.92. The first kappa shape index (κ1) is 11.5. The van der Waals surface area contributed by atoms with Crippen LogP contribution in [0.3, 0.4) is 0 Å². The number of rotatable bonds is 0. The zero-order valence-electron chi connectivity index (χ0n) is 11.6. The molecule has 0 saturated heterocycles. The summed E-state index contributed by atoms with van der Waals surface area (Å²) in [5.41, 5.74) is 3.34. The molecule has 0 radical (unpaired) electrons. The summed E-state index contributed by atoms with van der Waals surface area (Å²) in [6.45, 7) is 0. The van der Waals surface area contributed by atoms with Crippen molar-refractivity contribution in [3.05, 3.63) is 61.2 Å². The third kappa shape index (κ3) is 1.46. The SMILES string of the molecule is c1ccc2cc3c(cc2c1)c1nccnc1c1nccnc31. The van der Waals surface area contributed by atoms with Crippen molar-refractivity contribution in [1.29, 1.82) is 0 Å². The molecule has 0 aliphatic rings. The molecule has 0 bridgehead atoms. The van der Waals surface area contributed by atoms with Crippen LogP contribution in [-0.2, 0) is 0 Å². The van der Waals surface area contributed by atoms with Gasteiger partial charge in [0.2, 0.25) is 0 Å². The first-order valence-electron chi connectivity index (χ1n) is 7.08. The van der Waals surface area contributed by atoms with E-state index in [2.05, 4.69) is 44.2 Å². The summed E-state index contributed by atoms with van der Waals surface area (Å²) in [5.74, 6) is 0. The highest BCUT2D eigenvalue weighted by Gasteiger charge is 2.12. The van der Waals surface area contributed by atoms with Gasteiger partial charge in [-0.15, -0.1) is 0 Å². The molecule has 4 heteroatoms. The number of aromatic nitrogens is 4. The Morgan fingerprint density at radius 1 is 0.500 bits per heavy atom. The minimum absolute atomic E-state index is 0.799. The van der Waals surface area contributed by atoms with Gasteiger partial charge in [-0.1, -0.05) is 24.3 Å². The minimum atomic E-state index is 0.799. The van der Waals surface area contributed by atoms with Gasteiger partial charge >= 0.3 is 0 Å². The smallest absolute Gasteiger partial charge is 0.117 e. The molecule has 3 aromatic carbocycles. The third-order valence-electron chi connectivity index (χ3n) is 4.02. The van der Waals surface area contributed by atoms with Gasteiger partial charge in [-0.25, -0.2) is 0 Å². The average molecular weight is 282 g/mol. The van der Waals surface area contributed by atoms with E-state index in [0.29, 0.717) is 0 Å². The fourth-order valence-electron chi connectivity index (χ4n) is 3.05. The Bertz CT molecular complexity index is 1090. The van der Waals surface area contributed by atoms with E-state index in [1.807, 2.05) is 12.1 Å². The van der Waals surface area contributed by atoms with Crippen LogP contribution in [0.2, 0.25) is 0 Å². The molecule has 0 unspecified atom stereocenters. The van der Waals surface area contributed by atoms with Gasteiger partial charge in [0.05, 0.1) is 11.0 Å². The zero-order valence-corrected chi connectivity index (χ0v) is 11.6. The van der Waals surface area contributed by atoms with Crippen LogP contribution in [-0.4, -0.2) is 19.9 Å². The second kappa shape index (κ2) is 4.18. The number of hydrogen-bond donors (Lipinski definition) is 0. The number of benzene rings is 3. The quantitative estimate of drug-likeness (QED) is 0.319. The van der Waals surface area contributed by atoms with Gasteiger partial charge in [0, 0.05) is 35.6 Å². The van der Waals surface area contributed by atoms with Crippen LogP contribution >= 0.6 is 0 Å². The maximum absolute atomic E-state index is 4.54. The normalized spacial score (nSPS) is 11.6. The summed E-state index contributed by atoms with van der Waals surface area (Å²) in [6.07, 6.45) is 6.84. The van der Waals surface area contributed by atoms with E-state index in [-0.39, 0.29) is 0 Å². The van der Waals surface area contributed by atoms with Crippen molar-refractivity contribution in [1.82, 2.24) is 19.9 Å². The van der Waals surface area contributed by atoms with E-state index in [1.54, 1.807) is 24.8 Å². The molecule has 0 saturated carbocycles. The van der Waals surface area contributed by atoms with E-state index in [4.69, 9.17) is 0 Å². The van der Waals surface area contributed by atoms with E-state index in [0.717, 1.165) is 32.8 Å². The van der Waals surface area contributed by atoms with E-state index in [9.17, 15) is 0 Å². The molecule has 5 aromatic rings. The maximum atomic E-state index is 4.54. The van der Waals surface area contributed by atoms with Crippen molar-refractivity contribution in [3.8, 4) is 0 Å². The van der Waals surface area contributed by atoms with E-state index in [1.165, 1.54) is 10.8 Å². The van der Waals surface area contributed by atoms with Gasteiger partial charge < -0.3 is 0 Å². The minimum Gasteiger partial charge on any atom is -0.252 e. The summed E-state index contributed by atoms with van der Waals surface area (Å²) in [7, 11) is 0. The molecule has 2 heterocycles. The summed E-state index contributed by atoms with van der Waals surface area (Å²) < 4.78 is 0. The first-order chi connectivity index (χ1) is 10.9. The molecular formula is C18H10N4. The van der Waals surface area contributed by atoms with Crippen LogP contribution in [0.4, 0.5) is 0 Å². The fraction of sp³-hybridized carbons (Fsp3) is 0. The van der Waals surface area contributed by atoms with Gasteiger partial charge in [0.15, 0.2) is 0 Å². The van der Waals surface area contributed by atoms with Crippen molar-refractivity contribution < 1.29 is 0 Å². The van der Waals surface area contributed by atoms with Gasteiger partial charge in [0.1, 0.15) is 11.0 Å². The highest BCUT2D eigenvalue weighted by atomic mass is 14.8. The fourth-order valence-corrected chi connectivity index (χ4v) is 3.05. The van der Waals surface area contributed by atoms with Crippen LogP contribution in [0.15, 0.2) is 61.2 Å². The molecule has 22 heavy (non-hydrogen) atoms. The molecule has 102 valence electrons. The van der Waals surface area contributed by atoms with Crippen molar-refractivity contribution in [2.75, 3.05) is 0 Å². The third-order valence-corrected chi connectivity index (χ3v) is 4.02. The monoisotopic (exact) mass is 282 g/mol. The molecule has 2 aromatic heterocycles. The van der Waals surface area contributed by atoms with E-state index >= 15 is 0 Å². The Hall–Kier alpha value is -3.14.